The maximum absolute atomic E-state index is 13.2. The molecule has 0 radical (unpaired) electrons. The Morgan fingerprint density at radius 1 is 1.09 bits per heavy atom. The van der Waals surface area contributed by atoms with E-state index in [1.807, 2.05) is 37.3 Å². The summed E-state index contributed by atoms with van der Waals surface area (Å²) >= 11 is 5.98. The second-order valence-corrected chi connectivity index (χ2v) is 8.41. The third-order valence-electron chi connectivity index (χ3n) is 5.50. The van der Waals surface area contributed by atoms with Crippen molar-refractivity contribution < 1.29 is 19.1 Å². The highest BCUT2D eigenvalue weighted by atomic mass is 35.5. The summed E-state index contributed by atoms with van der Waals surface area (Å²) in [6, 6.07) is 19.5. The fourth-order valence-electron chi connectivity index (χ4n) is 3.83. The van der Waals surface area contributed by atoms with E-state index in [-0.39, 0.29) is 5.91 Å². The Kier molecular flexibility index (Phi) is 7.23. The molecule has 3 amide bonds. The molecule has 3 aromatic carbocycles. The number of methoxy groups -OCH3 is 1. The molecule has 3 aromatic rings. The van der Waals surface area contributed by atoms with Crippen LogP contribution in [0.2, 0.25) is 5.02 Å². The van der Waals surface area contributed by atoms with Gasteiger partial charge in [-0.15, -0.1) is 0 Å². The number of hydrogen-bond acceptors (Lipinski definition) is 4. The van der Waals surface area contributed by atoms with Crippen molar-refractivity contribution in [3.63, 3.8) is 0 Å². The highest BCUT2D eigenvalue weighted by Crippen LogP contribution is 2.30. The van der Waals surface area contributed by atoms with E-state index < -0.39 is 12.1 Å². The molecule has 2 N–H and O–H groups in total. The smallest absolute Gasteiger partial charge is 0.323 e. The molecule has 0 aliphatic carbocycles. The van der Waals surface area contributed by atoms with E-state index in [9.17, 15) is 9.59 Å². The van der Waals surface area contributed by atoms with E-state index in [0.717, 1.165) is 16.9 Å². The molecule has 176 valence electrons. The zero-order valence-corrected chi connectivity index (χ0v) is 19.8. The topological polar surface area (TPSA) is 79.9 Å². The van der Waals surface area contributed by atoms with Crippen LogP contribution in [0.15, 0.2) is 66.7 Å². The monoisotopic (exact) mass is 479 g/mol. The molecule has 7 nitrogen and oxygen atoms in total. The van der Waals surface area contributed by atoms with Crippen LogP contribution in [-0.4, -0.2) is 30.1 Å². The number of rotatable bonds is 6. The van der Waals surface area contributed by atoms with Gasteiger partial charge in [0.15, 0.2) is 6.10 Å². The van der Waals surface area contributed by atoms with Gasteiger partial charge in [0.1, 0.15) is 11.5 Å². The molecule has 34 heavy (non-hydrogen) atoms. The zero-order valence-electron chi connectivity index (χ0n) is 19.0. The molecule has 0 spiro atoms. The van der Waals surface area contributed by atoms with Crippen LogP contribution in [0.5, 0.6) is 11.5 Å². The molecule has 1 aliphatic heterocycles. The van der Waals surface area contributed by atoms with Gasteiger partial charge < -0.3 is 25.0 Å². The summed E-state index contributed by atoms with van der Waals surface area (Å²) < 4.78 is 11.4. The van der Waals surface area contributed by atoms with Gasteiger partial charge in [0, 0.05) is 35.1 Å². The molecule has 4 rings (SSSR count). The number of amides is 3. The largest absolute Gasteiger partial charge is 0.497 e. The van der Waals surface area contributed by atoms with Crippen molar-refractivity contribution in [2.75, 3.05) is 17.7 Å². The fraction of sp³-hybridized carbons (Fsp3) is 0.231. The number of urea groups is 1. The second-order valence-electron chi connectivity index (χ2n) is 7.97. The van der Waals surface area contributed by atoms with Gasteiger partial charge in [-0.2, -0.15) is 0 Å². The predicted octanol–water partition coefficient (Wildman–Crippen LogP) is 5.69. The van der Waals surface area contributed by atoms with Crippen LogP contribution in [0, 0.1) is 0 Å². The Bertz CT molecular complexity index is 1200. The van der Waals surface area contributed by atoms with E-state index in [1.54, 1.807) is 48.4 Å². The van der Waals surface area contributed by atoms with Gasteiger partial charge in [-0.05, 0) is 60.5 Å². The summed E-state index contributed by atoms with van der Waals surface area (Å²) in [5.74, 6) is 1.30. The first-order chi connectivity index (χ1) is 16.4. The van der Waals surface area contributed by atoms with Crippen LogP contribution in [0.3, 0.4) is 0 Å². The van der Waals surface area contributed by atoms with Gasteiger partial charge >= 0.3 is 6.03 Å². The van der Waals surface area contributed by atoms with Crippen LogP contribution in [-0.2, 0) is 17.9 Å². The minimum Gasteiger partial charge on any atom is -0.497 e. The minimum absolute atomic E-state index is 0.0743. The van der Waals surface area contributed by atoms with Crippen LogP contribution in [0.25, 0.3) is 0 Å². The molecule has 0 saturated heterocycles. The lowest BCUT2D eigenvalue weighted by molar-refractivity contribution is -0.139. The molecule has 0 bridgehead atoms. The maximum atomic E-state index is 13.2. The summed E-state index contributed by atoms with van der Waals surface area (Å²) in [5, 5.41) is 6.12. The SMILES string of the molecule is CC[C@@H]1Oc2ccc(NC(=O)Nc3cccc(Cl)c3)cc2CN(Cc2cccc(OC)c2)C1=O. The van der Waals surface area contributed by atoms with Gasteiger partial charge in [-0.25, -0.2) is 4.79 Å². The highest BCUT2D eigenvalue weighted by molar-refractivity contribution is 6.30. The number of nitrogens with one attached hydrogen (secondary N) is 2. The average molecular weight is 480 g/mol. The third kappa shape index (κ3) is 5.61. The zero-order chi connectivity index (χ0) is 24.1. The average Bonchev–Trinajstić information content (AvgIpc) is 2.95. The van der Waals surface area contributed by atoms with Crippen molar-refractivity contribution in [1.29, 1.82) is 0 Å². The molecular formula is C26H26ClN3O4. The standard InChI is InChI=1S/C26H26ClN3O4/c1-3-23-25(31)30(15-17-6-4-9-22(12-17)33-2)16-18-13-21(10-11-24(18)34-23)29-26(32)28-20-8-5-7-19(27)14-20/h4-14,23H,3,15-16H2,1-2H3,(H2,28,29,32)/t23-/m0/s1. The number of halogens is 1. The number of hydrogen-bond donors (Lipinski definition) is 2. The van der Waals surface area contributed by atoms with E-state index in [2.05, 4.69) is 10.6 Å². The first-order valence-electron chi connectivity index (χ1n) is 11.0. The summed E-state index contributed by atoms with van der Waals surface area (Å²) in [5.41, 5.74) is 2.95. The van der Waals surface area contributed by atoms with Crippen LogP contribution >= 0.6 is 11.6 Å². The predicted molar refractivity (Wildman–Crippen MR) is 132 cm³/mol. The molecule has 0 unspecified atom stereocenters. The van der Waals surface area contributed by atoms with Crippen LogP contribution in [0.1, 0.15) is 24.5 Å². The van der Waals surface area contributed by atoms with Crippen molar-refractivity contribution in [2.24, 2.45) is 0 Å². The van der Waals surface area contributed by atoms with Crippen molar-refractivity contribution >= 4 is 34.9 Å². The summed E-state index contributed by atoms with van der Waals surface area (Å²) in [7, 11) is 1.62. The van der Waals surface area contributed by atoms with E-state index in [4.69, 9.17) is 21.1 Å². The summed E-state index contributed by atoms with van der Waals surface area (Å²) in [6.07, 6.45) is -0.0219. The Morgan fingerprint density at radius 3 is 2.59 bits per heavy atom. The van der Waals surface area contributed by atoms with E-state index in [1.165, 1.54) is 0 Å². The first-order valence-corrected chi connectivity index (χ1v) is 11.4. The highest BCUT2D eigenvalue weighted by Gasteiger charge is 2.30. The maximum Gasteiger partial charge on any atom is 0.323 e. The lowest BCUT2D eigenvalue weighted by Crippen LogP contribution is -2.38. The number of fused-ring (bicyclic) bond motifs is 1. The molecule has 0 fully saturated rings. The van der Waals surface area contributed by atoms with Gasteiger partial charge in [-0.1, -0.05) is 36.7 Å². The number of anilines is 2. The fourth-order valence-corrected chi connectivity index (χ4v) is 4.02. The quantitative estimate of drug-likeness (QED) is 0.475. The molecule has 1 atom stereocenters. The molecule has 8 heteroatoms. The van der Waals surface area contributed by atoms with E-state index >= 15 is 0 Å². The van der Waals surface area contributed by atoms with Crippen molar-refractivity contribution in [3.8, 4) is 11.5 Å². The van der Waals surface area contributed by atoms with Crippen molar-refractivity contribution in [3.05, 3.63) is 82.9 Å². The van der Waals surface area contributed by atoms with Gasteiger partial charge in [0.25, 0.3) is 5.91 Å². The van der Waals surface area contributed by atoms with Gasteiger partial charge in [0.2, 0.25) is 0 Å². The van der Waals surface area contributed by atoms with Crippen molar-refractivity contribution in [1.82, 2.24) is 4.90 Å². The lowest BCUT2D eigenvalue weighted by atomic mass is 10.1. The Balaban J connectivity index is 1.53. The van der Waals surface area contributed by atoms with Crippen LogP contribution in [0.4, 0.5) is 16.2 Å². The minimum atomic E-state index is -0.572. The van der Waals surface area contributed by atoms with Crippen molar-refractivity contribution in [2.45, 2.75) is 32.5 Å². The third-order valence-corrected chi connectivity index (χ3v) is 5.73. The number of nitrogens with zero attached hydrogens (tertiary/aromatic N) is 1. The molecule has 1 heterocycles. The number of ether oxygens (including phenoxy) is 2. The summed E-state index contributed by atoms with van der Waals surface area (Å²) in [6.45, 7) is 2.70. The first kappa shape index (κ1) is 23.4. The van der Waals surface area contributed by atoms with E-state index in [0.29, 0.717) is 41.7 Å². The van der Waals surface area contributed by atoms with Gasteiger partial charge in [0.05, 0.1) is 7.11 Å². The molecule has 0 aromatic heterocycles. The second kappa shape index (κ2) is 10.5. The molecular weight excluding hydrogens is 454 g/mol. The molecule has 0 saturated carbocycles. The van der Waals surface area contributed by atoms with Gasteiger partial charge in [-0.3, -0.25) is 4.79 Å². The Labute approximate surface area is 203 Å². The Morgan fingerprint density at radius 2 is 1.85 bits per heavy atom. The number of carbonyl (C=O) groups excluding carboxylic acids is 2. The summed E-state index contributed by atoms with van der Waals surface area (Å²) in [4.78, 5) is 27.4. The normalized spacial score (nSPS) is 15.1. The lowest BCUT2D eigenvalue weighted by Gasteiger charge is -2.23. The molecule has 1 aliphatic rings. The Hall–Kier alpha value is -3.71. The van der Waals surface area contributed by atoms with Crippen LogP contribution < -0.4 is 20.1 Å². The number of carbonyl (C=O) groups is 2. The number of benzene rings is 3.